The molecule has 0 bridgehead atoms. The summed E-state index contributed by atoms with van der Waals surface area (Å²) in [6, 6.07) is 1.54. The smallest absolute Gasteiger partial charge is 0.246 e. The maximum atomic E-state index is 12.7. The van der Waals surface area contributed by atoms with Gasteiger partial charge in [-0.2, -0.15) is 0 Å². The second-order valence-electron chi connectivity index (χ2n) is 8.49. The molecule has 0 unspecified atom stereocenters. The van der Waals surface area contributed by atoms with E-state index in [9.17, 15) is 8.42 Å². The quantitative estimate of drug-likeness (QED) is 0.677. The second-order valence-corrected chi connectivity index (χ2v) is 10.2. The minimum Gasteiger partial charge on any atom is -0.381 e. The summed E-state index contributed by atoms with van der Waals surface area (Å²) in [5, 5.41) is 3.77. The molecule has 166 valence electrons. The van der Waals surface area contributed by atoms with E-state index in [0.717, 1.165) is 52.0 Å². The van der Waals surface area contributed by atoms with Crippen LogP contribution in [0.3, 0.4) is 0 Å². The molecule has 2 aliphatic rings. The lowest BCUT2D eigenvalue weighted by molar-refractivity contribution is 0.000517. The van der Waals surface area contributed by atoms with E-state index in [0.29, 0.717) is 42.7 Å². The van der Waals surface area contributed by atoms with Crippen LogP contribution in [0.4, 0.5) is 0 Å². The van der Waals surface area contributed by atoms with Gasteiger partial charge in [0.2, 0.25) is 10.0 Å². The molecule has 0 radical (unpaired) electrons. The Bertz CT molecular complexity index is 731. The maximum absolute atomic E-state index is 12.7. The molecule has 1 N–H and O–H groups in total. The summed E-state index contributed by atoms with van der Waals surface area (Å²) in [6.07, 6.45) is 4.29. The average molecular weight is 429 g/mol. The minimum atomic E-state index is -3.62. The van der Waals surface area contributed by atoms with Crippen LogP contribution in [0.15, 0.2) is 9.42 Å². The first-order chi connectivity index (χ1) is 13.8. The van der Waals surface area contributed by atoms with Gasteiger partial charge in [-0.1, -0.05) is 5.16 Å². The molecule has 1 aromatic rings. The number of aryl methyl sites for hydroxylation is 2. The zero-order chi connectivity index (χ0) is 21.0. The molecule has 3 heterocycles. The summed E-state index contributed by atoms with van der Waals surface area (Å²) in [6.45, 7) is 12.7. The highest BCUT2D eigenvalue weighted by Crippen LogP contribution is 2.24. The minimum absolute atomic E-state index is 0.167. The predicted octanol–water partition coefficient (Wildman–Crippen LogP) is 1.92. The monoisotopic (exact) mass is 428 g/mol. The molecule has 0 atom stereocenters. The normalized spacial score (nSPS) is 20.8. The van der Waals surface area contributed by atoms with Crippen LogP contribution in [0.1, 0.15) is 51.0 Å². The van der Waals surface area contributed by atoms with Gasteiger partial charge in [0.1, 0.15) is 10.6 Å². The van der Waals surface area contributed by atoms with Gasteiger partial charge in [-0.3, -0.25) is 4.90 Å². The standard InChI is InChI=1S/C20H36N4O4S/c1-15(2)23-10-5-18(6-11-23)24(19-7-13-27-14-8-19)12-9-21-29(25,26)20-16(3)22-28-17(20)4/h15,18-19,21H,5-14H2,1-4H3. The van der Waals surface area contributed by atoms with Gasteiger partial charge in [-0.15, -0.1) is 0 Å². The van der Waals surface area contributed by atoms with E-state index in [1.54, 1.807) is 13.8 Å². The van der Waals surface area contributed by atoms with Gasteiger partial charge in [0.05, 0.1) is 0 Å². The van der Waals surface area contributed by atoms with Crippen LogP contribution in [0.2, 0.25) is 0 Å². The molecule has 0 saturated carbocycles. The molecule has 0 spiro atoms. The van der Waals surface area contributed by atoms with Crippen LogP contribution in [0, 0.1) is 13.8 Å². The number of hydrogen-bond donors (Lipinski definition) is 1. The van der Waals surface area contributed by atoms with Crippen molar-refractivity contribution in [2.24, 2.45) is 0 Å². The van der Waals surface area contributed by atoms with Crippen molar-refractivity contribution in [1.29, 1.82) is 0 Å². The summed E-state index contributed by atoms with van der Waals surface area (Å²) in [7, 11) is -3.62. The number of nitrogens with one attached hydrogen (secondary N) is 1. The summed E-state index contributed by atoms with van der Waals surface area (Å²) < 4.78 is 38.8. The van der Waals surface area contributed by atoms with Gasteiger partial charge < -0.3 is 14.2 Å². The highest BCUT2D eigenvalue weighted by Gasteiger charge is 2.32. The first kappa shape index (κ1) is 22.7. The Morgan fingerprint density at radius 1 is 1.14 bits per heavy atom. The third-order valence-electron chi connectivity index (χ3n) is 6.26. The van der Waals surface area contributed by atoms with Crippen molar-refractivity contribution >= 4 is 10.0 Å². The van der Waals surface area contributed by atoms with Crippen molar-refractivity contribution in [3.05, 3.63) is 11.5 Å². The third-order valence-corrected chi connectivity index (χ3v) is 7.96. The number of hydrogen-bond acceptors (Lipinski definition) is 7. The van der Waals surface area contributed by atoms with Crippen molar-refractivity contribution < 1.29 is 17.7 Å². The first-order valence-electron chi connectivity index (χ1n) is 10.8. The van der Waals surface area contributed by atoms with Crippen LogP contribution >= 0.6 is 0 Å². The Hall–Kier alpha value is -1.00. The van der Waals surface area contributed by atoms with Gasteiger partial charge in [0, 0.05) is 44.4 Å². The Kier molecular flexibility index (Phi) is 7.72. The van der Waals surface area contributed by atoms with Crippen LogP contribution in [0.5, 0.6) is 0 Å². The van der Waals surface area contributed by atoms with E-state index in [1.807, 2.05) is 0 Å². The molecule has 8 nitrogen and oxygen atoms in total. The number of aromatic nitrogens is 1. The number of likely N-dealkylation sites (tertiary alicyclic amines) is 1. The molecule has 0 amide bonds. The topological polar surface area (TPSA) is 87.9 Å². The van der Waals surface area contributed by atoms with Crippen molar-refractivity contribution in [2.45, 2.75) is 76.4 Å². The number of nitrogens with zero attached hydrogens (tertiary/aromatic N) is 3. The van der Waals surface area contributed by atoms with Crippen LogP contribution < -0.4 is 4.72 Å². The van der Waals surface area contributed by atoms with Crippen molar-refractivity contribution in [3.8, 4) is 0 Å². The van der Waals surface area contributed by atoms with Crippen LogP contribution in [0.25, 0.3) is 0 Å². The molecule has 2 saturated heterocycles. The van der Waals surface area contributed by atoms with Gasteiger partial charge in [0.15, 0.2) is 5.76 Å². The molecule has 0 aromatic carbocycles. The van der Waals surface area contributed by atoms with Gasteiger partial charge >= 0.3 is 0 Å². The van der Waals surface area contributed by atoms with Gasteiger partial charge in [0.25, 0.3) is 0 Å². The molecule has 2 fully saturated rings. The van der Waals surface area contributed by atoms with E-state index in [2.05, 4.69) is 33.5 Å². The van der Waals surface area contributed by atoms with E-state index >= 15 is 0 Å². The lowest BCUT2D eigenvalue weighted by Crippen LogP contribution is -2.53. The Morgan fingerprint density at radius 3 is 2.31 bits per heavy atom. The zero-order valence-electron chi connectivity index (χ0n) is 18.2. The van der Waals surface area contributed by atoms with E-state index < -0.39 is 10.0 Å². The second kappa shape index (κ2) is 9.87. The summed E-state index contributed by atoms with van der Waals surface area (Å²) in [4.78, 5) is 5.23. The molecule has 9 heteroatoms. The fraction of sp³-hybridized carbons (Fsp3) is 0.850. The maximum Gasteiger partial charge on any atom is 0.246 e. The van der Waals surface area contributed by atoms with Crippen LogP contribution in [-0.4, -0.2) is 80.9 Å². The summed E-state index contributed by atoms with van der Waals surface area (Å²) in [5.74, 6) is 0.331. The SMILES string of the molecule is Cc1noc(C)c1S(=O)(=O)NCCN(C1CCOCC1)C1CCN(C(C)C)CC1. The molecular formula is C20H36N4O4S. The lowest BCUT2D eigenvalue weighted by atomic mass is 9.97. The highest BCUT2D eigenvalue weighted by molar-refractivity contribution is 7.89. The Labute approximate surface area is 175 Å². The molecule has 0 aliphatic carbocycles. The molecule has 1 aromatic heterocycles. The summed E-state index contributed by atoms with van der Waals surface area (Å²) >= 11 is 0. The van der Waals surface area contributed by atoms with Gasteiger partial charge in [-0.05, 0) is 66.5 Å². The number of rotatable bonds is 8. The highest BCUT2D eigenvalue weighted by atomic mass is 32.2. The van der Waals surface area contributed by atoms with E-state index in [4.69, 9.17) is 9.26 Å². The number of ether oxygens (including phenoxy) is 1. The third kappa shape index (κ3) is 5.58. The molecule has 2 aliphatic heterocycles. The van der Waals surface area contributed by atoms with E-state index in [1.165, 1.54) is 0 Å². The van der Waals surface area contributed by atoms with Gasteiger partial charge in [-0.25, -0.2) is 13.1 Å². The fourth-order valence-electron chi connectivity index (χ4n) is 4.65. The first-order valence-corrected chi connectivity index (χ1v) is 12.3. The molecule has 29 heavy (non-hydrogen) atoms. The largest absolute Gasteiger partial charge is 0.381 e. The average Bonchev–Trinajstić information content (AvgIpc) is 3.05. The lowest BCUT2D eigenvalue weighted by Gasteiger charge is -2.44. The van der Waals surface area contributed by atoms with Crippen molar-refractivity contribution in [1.82, 2.24) is 19.7 Å². The molecule has 3 rings (SSSR count). The summed E-state index contributed by atoms with van der Waals surface area (Å²) in [5.41, 5.74) is 0.400. The predicted molar refractivity (Wildman–Crippen MR) is 111 cm³/mol. The van der Waals surface area contributed by atoms with Crippen LogP contribution in [-0.2, 0) is 14.8 Å². The number of piperidine rings is 1. The number of sulfonamides is 1. The fourth-order valence-corrected chi connectivity index (χ4v) is 6.00. The Balaban J connectivity index is 1.63. The van der Waals surface area contributed by atoms with Crippen molar-refractivity contribution in [2.75, 3.05) is 39.4 Å². The zero-order valence-corrected chi connectivity index (χ0v) is 19.0. The molecular weight excluding hydrogens is 392 g/mol. The van der Waals surface area contributed by atoms with E-state index in [-0.39, 0.29) is 4.90 Å². The Morgan fingerprint density at radius 2 is 1.76 bits per heavy atom. The van der Waals surface area contributed by atoms with Crippen molar-refractivity contribution in [3.63, 3.8) is 0 Å².